The van der Waals surface area contributed by atoms with E-state index in [2.05, 4.69) is 58.1 Å². The van der Waals surface area contributed by atoms with E-state index in [4.69, 9.17) is 4.74 Å². The van der Waals surface area contributed by atoms with Crippen molar-refractivity contribution in [3.63, 3.8) is 0 Å². The number of fused-ring (bicyclic) bond motifs is 1. The molecule has 1 fully saturated rings. The third kappa shape index (κ3) is 4.83. The van der Waals surface area contributed by atoms with Gasteiger partial charge in [-0.3, -0.25) is 0 Å². The van der Waals surface area contributed by atoms with E-state index in [-0.39, 0.29) is 0 Å². The predicted molar refractivity (Wildman–Crippen MR) is 106 cm³/mol. The lowest BCUT2D eigenvalue weighted by molar-refractivity contribution is 0.122. The van der Waals surface area contributed by atoms with Gasteiger partial charge < -0.3 is 14.5 Å². The number of aliphatic imine (C=N–C) groups is 1. The highest BCUT2D eigenvalue weighted by Gasteiger charge is 2.16. The highest BCUT2D eigenvalue weighted by atomic mass is 16.5. The molecule has 4 heteroatoms. The van der Waals surface area contributed by atoms with E-state index in [1.807, 2.05) is 25.4 Å². The third-order valence-corrected chi connectivity index (χ3v) is 4.43. The lowest BCUT2D eigenvalue weighted by atomic mass is 10.1. The summed E-state index contributed by atoms with van der Waals surface area (Å²) in [5, 5.41) is 0. The van der Waals surface area contributed by atoms with Crippen molar-refractivity contribution >= 4 is 17.7 Å². The molecule has 0 amide bonds. The molecule has 1 aromatic rings. The predicted octanol–water partition coefficient (Wildman–Crippen LogP) is 4.08. The summed E-state index contributed by atoms with van der Waals surface area (Å²) < 4.78 is 5.43. The van der Waals surface area contributed by atoms with Crippen LogP contribution >= 0.6 is 0 Å². The molecule has 2 heterocycles. The fraction of sp³-hybridized carbons (Fsp3) is 0.381. The molecule has 1 aromatic carbocycles. The van der Waals surface area contributed by atoms with Crippen LogP contribution in [-0.2, 0) is 11.3 Å². The Hall–Kier alpha value is -2.33. The minimum atomic E-state index is 0.808. The molecule has 0 radical (unpaired) electrons. The summed E-state index contributed by atoms with van der Waals surface area (Å²) in [6.45, 7) is 9.52. The van der Waals surface area contributed by atoms with Crippen molar-refractivity contribution in [2.45, 2.75) is 20.4 Å². The van der Waals surface area contributed by atoms with Gasteiger partial charge in [-0.05, 0) is 31.5 Å². The average molecular weight is 337 g/mol. The Morgan fingerprint density at radius 3 is 2.84 bits per heavy atom. The van der Waals surface area contributed by atoms with Crippen molar-refractivity contribution in [3.8, 4) is 0 Å². The Morgan fingerprint density at radius 2 is 2.04 bits per heavy atom. The quantitative estimate of drug-likeness (QED) is 0.758. The first-order chi connectivity index (χ1) is 12.3. The maximum Gasteiger partial charge on any atom is 0.0918 e. The summed E-state index contributed by atoms with van der Waals surface area (Å²) >= 11 is 0. The molecule has 132 valence electrons. The number of anilines is 1. The standard InChI is InChI=1S/C21H27N3O/c1-3-4-5-6-7-18(2)15-23-16-19-8-9-20(14-21(19)22-17-23)24-10-12-25-13-11-24/h3-9,14,17H,10-13,15-16H2,1-2H3/b4-3-,6-5-,18-7+. The van der Waals surface area contributed by atoms with Gasteiger partial charge in [0.05, 0.1) is 25.2 Å². The Balaban J connectivity index is 1.63. The van der Waals surface area contributed by atoms with E-state index in [0.717, 1.165) is 45.1 Å². The lowest BCUT2D eigenvalue weighted by Crippen LogP contribution is -2.36. The van der Waals surface area contributed by atoms with Crippen molar-refractivity contribution in [1.82, 2.24) is 4.90 Å². The molecule has 2 aliphatic rings. The van der Waals surface area contributed by atoms with Crippen LogP contribution < -0.4 is 4.90 Å². The molecule has 2 aliphatic heterocycles. The van der Waals surface area contributed by atoms with Crippen LogP contribution in [0.5, 0.6) is 0 Å². The maximum absolute atomic E-state index is 5.43. The second-order valence-electron chi connectivity index (χ2n) is 6.49. The molecule has 0 aliphatic carbocycles. The van der Waals surface area contributed by atoms with Crippen LogP contribution in [0, 0.1) is 0 Å². The molecule has 0 aromatic heterocycles. The van der Waals surface area contributed by atoms with Gasteiger partial charge in [0.15, 0.2) is 0 Å². The Kier molecular flexibility index (Phi) is 6.07. The molecule has 0 spiro atoms. The first-order valence-electron chi connectivity index (χ1n) is 8.95. The summed E-state index contributed by atoms with van der Waals surface area (Å²) in [6.07, 6.45) is 12.3. The Labute approximate surface area is 150 Å². The summed E-state index contributed by atoms with van der Waals surface area (Å²) in [6, 6.07) is 6.64. The molecule has 4 nitrogen and oxygen atoms in total. The van der Waals surface area contributed by atoms with E-state index >= 15 is 0 Å². The van der Waals surface area contributed by atoms with Gasteiger partial charge in [-0.15, -0.1) is 0 Å². The topological polar surface area (TPSA) is 28.1 Å². The second kappa shape index (κ2) is 8.67. The van der Waals surface area contributed by atoms with Gasteiger partial charge in [-0.1, -0.05) is 42.0 Å². The Bertz CT molecular complexity index is 697. The summed E-state index contributed by atoms with van der Waals surface area (Å²) in [7, 11) is 0. The molecule has 1 saturated heterocycles. The number of allylic oxidation sites excluding steroid dienone is 5. The third-order valence-electron chi connectivity index (χ3n) is 4.43. The van der Waals surface area contributed by atoms with Crippen LogP contribution in [-0.4, -0.2) is 44.1 Å². The van der Waals surface area contributed by atoms with Gasteiger partial charge in [0, 0.05) is 31.9 Å². The summed E-state index contributed by atoms with van der Waals surface area (Å²) in [4.78, 5) is 9.31. The van der Waals surface area contributed by atoms with Gasteiger partial charge in [-0.2, -0.15) is 0 Å². The zero-order valence-corrected chi connectivity index (χ0v) is 15.2. The fourth-order valence-corrected chi connectivity index (χ4v) is 3.09. The first-order valence-corrected chi connectivity index (χ1v) is 8.95. The second-order valence-corrected chi connectivity index (χ2v) is 6.49. The highest BCUT2D eigenvalue weighted by Crippen LogP contribution is 2.30. The van der Waals surface area contributed by atoms with Gasteiger partial charge in [-0.25, -0.2) is 4.99 Å². The lowest BCUT2D eigenvalue weighted by Gasteiger charge is -2.30. The average Bonchev–Trinajstić information content (AvgIpc) is 2.65. The van der Waals surface area contributed by atoms with Crippen molar-refractivity contribution in [1.29, 1.82) is 0 Å². The minimum Gasteiger partial charge on any atom is -0.378 e. The van der Waals surface area contributed by atoms with E-state index in [1.54, 1.807) is 0 Å². The number of morpholine rings is 1. The fourth-order valence-electron chi connectivity index (χ4n) is 3.09. The number of nitrogens with zero attached hydrogens (tertiary/aromatic N) is 3. The van der Waals surface area contributed by atoms with E-state index < -0.39 is 0 Å². The van der Waals surface area contributed by atoms with E-state index in [9.17, 15) is 0 Å². The molecule has 0 atom stereocenters. The van der Waals surface area contributed by atoms with Crippen LogP contribution in [0.2, 0.25) is 0 Å². The maximum atomic E-state index is 5.43. The minimum absolute atomic E-state index is 0.808. The van der Waals surface area contributed by atoms with Crippen LogP contribution in [0.25, 0.3) is 0 Å². The van der Waals surface area contributed by atoms with E-state index in [0.29, 0.717) is 0 Å². The smallest absolute Gasteiger partial charge is 0.0918 e. The molecular formula is C21H27N3O. The molecule has 25 heavy (non-hydrogen) atoms. The SMILES string of the molecule is C\C=C/C=C\C=C(/C)CN1C=Nc2cc(N3CCOCC3)ccc2C1. The normalized spacial score (nSPS) is 18.4. The molecule has 0 bridgehead atoms. The van der Waals surface area contributed by atoms with Crippen LogP contribution in [0.1, 0.15) is 19.4 Å². The molecule has 0 saturated carbocycles. The van der Waals surface area contributed by atoms with E-state index in [1.165, 1.54) is 16.8 Å². The number of hydrogen-bond acceptors (Lipinski definition) is 4. The molecule has 0 unspecified atom stereocenters. The zero-order valence-electron chi connectivity index (χ0n) is 15.2. The van der Waals surface area contributed by atoms with Gasteiger partial charge in [0.1, 0.15) is 0 Å². The van der Waals surface area contributed by atoms with Crippen molar-refractivity contribution in [3.05, 3.63) is 59.7 Å². The zero-order chi connectivity index (χ0) is 17.5. The first kappa shape index (κ1) is 17.5. The van der Waals surface area contributed by atoms with Crippen LogP contribution in [0.15, 0.2) is 59.1 Å². The number of hydrogen-bond donors (Lipinski definition) is 0. The Morgan fingerprint density at radius 1 is 1.20 bits per heavy atom. The van der Waals surface area contributed by atoms with Gasteiger partial charge in [0.25, 0.3) is 0 Å². The monoisotopic (exact) mass is 337 g/mol. The van der Waals surface area contributed by atoms with Gasteiger partial charge >= 0.3 is 0 Å². The van der Waals surface area contributed by atoms with Crippen LogP contribution in [0.4, 0.5) is 11.4 Å². The molecule has 3 rings (SSSR count). The highest BCUT2D eigenvalue weighted by molar-refractivity contribution is 5.70. The van der Waals surface area contributed by atoms with Crippen LogP contribution in [0.3, 0.4) is 0 Å². The van der Waals surface area contributed by atoms with Crippen molar-refractivity contribution < 1.29 is 4.74 Å². The summed E-state index contributed by atoms with van der Waals surface area (Å²) in [5.41, 5.74) is 4.95. The van der Waals surface area contributed by atoms with Crippen molar-refractivity contribution in [2.75, 3.05) is 37.7 Å². The van der Waals surface area contributed by atoms with Crippen molar-refractivity contribution in [2.24, 2.45) is 4.99 Å². The van der Waals surface area contributed by atoms with Gasteiger partial charge in [0.2, 0.25) is 0 Å². The molecule has 0 N–H and O–H groups in total. The number of rotatable bonds is 5. The largest absolute Gasteiger partial charge is 0.378 e. The molecular weight excluding hydrogens is 310 g/mol. The summed E-state index contributed by atoms with van der Waals surface area (Å²) in [5.74, 6) is 0. The number of benzene rings is 1. The number of ether oxygens (including phenoxy) is 1.